The van der Waals surface area contributed by atoms with Gasteiger partial charge in [0.2, 0.25) is 10.0 Å². The van der Waals surface area contributed by atoms with Crippen LogP contribution in [0.25, 0.3) is 0 Å². The molecule has 2 unspecified atom stereocenters. The molecule has 1 aliphatic carbocycles. The van der Waals surface area contributed by atoms with Gasteiger partial charge in [-0.3, -0.25) is 0 Å². The number of hydrogen-bond acceptors (Lipinski definition) is 6. The summed E-state index contributed by atoms with van der Waals surface area (Å²) in [5.74, 6) is -0.293. The van der Waals surface area contributed by atoms with Crippen LogP contribution in [-0.2, 0) is 14.8 Å². The summed E-state index contributed by atoms with van der Waals surface area (Å²) in [5, 5.41) is 0. The molecule has 2 atom stereocenters. The van der Waals surface area contributed by atoms with Gasteiger partial charge in [-0.05, 0) is 30.9 Å². The molecule has 2 rings (SSSR count). The smallest absolute Gasteiger partial charge is 0.341 e. The maximum atomic E-state index is 12.9. The molecule has 3 N–H and O–H groups in total. The Labute approximate surface area is 161 Å². The van der Waals surface area contributed by atoms with Crippen molar-refractivity contribution in [3.63, 3.8) is 0 Å². The molecular formula is C17H27ClN2O5S. The number of sulfonamides is 1. The second-order valence-corrected chi connectivity index (χ2v) is 8.15. The minimum absolute atomic E-state index is 0. The predicted molar refractivity (Wildman–Crippen MR) is 101 cm³/mol. The van der Waals surface area contributed by atoms with E-state index in [1.807, 2.05) is 6.92 Å². The van der Waals surface area contributed by atoms with Gasteiger partial charge in [-0.1, -0.05) is 19.8 Å². The van der Waals surface area contributed by atoms with Crippen LogP contribution in [0.15, 0.2) is 23.1 Å². The molecule has 1 aliphatic rings. The summed E-state index contributed by atoms with van der Waals surface area (Å²) >= 11 is 0. The molecular weight excluding hydrogens is 380 g/mol. The maximum Gasteiger partial charge on any atom is 0.341 e. The van der Waals surface area contributed by atoms with Gasteiger partial charge < -0.3 is 15.2 Å². The number of rotatable bonds is 6. The highest BCUT2D eigenvalue weighted by Crippen LogP contribution is 2.34. The molecule has 9 heteroatoms. The van der Waals surface area contributed by atoms with E-state index in [-0.39, 0.29) is 41.1 Å². The van der Waals surface area contributed by atoms with Crippen molar-refractivity contribution in [3.05, 3.63) is 23.8 Å². The second-order valence-electron chi connectivity index (χ2n) is 6.47. The van der Waals surface area contributed by atoms with Crippen molar-refractivity contribution in [2.75, 3.05) is 20.8 Å². The summed E-state index contributed by atoms with van der Waals surface area (Å²) in [4.78, 5) is 11.8. The van der Waals surface area contributed by atoms with Crippen LogP contribution in [0, 0.1) is 5.92 Å². The van der Waals surface area contributed by atoms with E-state index >= 15 is 0 Å². The molecule has 7 nitrogen and oxygen atoms in total. The molecule has 0 aromatic heterocycles. The van der Waals surface area contributed by atoms with Crippen LogP contribution in [0.1, 0.15) is 43.0 Å². The summed E-state index contributed by atoms with van der Waals surface area (Å²) in [5.41, 5.74) is 5.46. The van der Waals surface area contributed by atoms with Crippen molar-refractivity contribution in [1.29, 1.82) is 0 Å². The summed E-state index contributed by atoms with van der Waals surface area (Å²) < 4.78 is 38.4. The molecule has 0 amide bonds. The van der Waals surface area contributed by atoms with Gasteiger partial charge in [0.25, 0.3) is 0 Å². The number of carbonyl (C=O) groups excluding carboxylic acids is 1. The zero-order valence-corrected chi connectivity index (χ0v) is 16.9. The number of ether oxygens (including phenoxy) is 2. The number of methoxy groups -OCH3 is 2. The lowest BCUT2D eigenvalue weighted by Crippen LogP contribution is -2.58. The minimum Gasteiger partial charge on any atom is -0.496 e. The van der Waals surface area contributed by atoms with E-state index < -0.39 is 21.5 Å². The average Bonchev–Trinajstić information content (AvgIpc) is 2.62. The molecule has 1 aromatic carbocycles. The van der Waals surface area contributed by atoms with E-state index in [0.29, 0.717) is 6.42 Å². The van der Waals surface area contributed by atoms with E-state index in [1.165, 1.54) is 32.4 Å². The van der Waals surface area contributed by atoms with Gasteiger partial charge in [0.15, 0.2) is 0 Å². The van der Waals surface area contributed by atoms with Gasteiger partial charge in [0, 0.05) is 18.2 Å². The first-order valence-electron chi connectivity index (χ1n) is 8.30. The lowest BCUT2D eigenvalue weighted by Gasteiger charge is -2.42. The number of halogens is 1. The normalized spacial score (nSPS) is 23.0. The van der Waals surface area contributed by atoms with Crippen molar-refractivity contribution in [2.45, 2.75) is 43.0 Å². The van der Waals surface area contributed by atoms with E-state index in [1.54, 1.807) is 0 Å². The molecule has 0 radical (unpaired) electrons. The number of carbonyl (C=O) groups is 1. The Kier molecular flexibility index (Phi) is 7.88. The lowest BCUT2D eigenvalue weighted by atomic mass is 9.74. The summed E-state index contributed by atoms with van der Waals surface area (Å²) in [6.07, 6.45) is 3.66. The summed E-state index contributed by atoms with van der Waals surface area (Å²) in [6, 6.07) is 4.08. The number of hydrogen-bond donors (Lipinski definition) is 2. The third kappa shape index (κ3) is 4.49. The molecule has 26 heavy (non-hydrogen) atoms. The Morgan fingerprint density at radius 1 is 1.35 bits per heavy atom. The average molecular weight is 407 g/mol. The Hall–Kier alpha value is -1.35. The van der Waals surface area contributed by atoms with Gasteiger partial charge in [-0.25, -0.2) is 17.9 Å². The predicted octanol–water partition coefficient (Wildman–Crippen LogP) is 2.09. The third-order valence-electron chi connectivity index (χ3n) is 5.04. The standard InChI is InChI=1S/C17H26N2O5S.ClH/c1-12-6-4-5-9-17(12,11-18)19-25(21,22)13-7-8-14(16(20)24-3)15(10-13)23-2;/h7-8,10,12,19H,4-6,9,11,18H2,1-3H3;1H. The van der Waals surface area contributed by atoms with E-state index in [9.17, 15) is 13.2 Å². The Balaban J connectivity index is 0.00000338. The fourth-order valence-corrected chi connectivity index (χ4v) is 4.90. The Morgan fingerprint density at radius 2 is 2.04 bits per heavy atom. The van der Waals surface area contributed by atoms with Crippen molar-refractivity contribution in [1.82, 2.24) is 4.72 Å². The first-order valence-corrected chi connectivity index (χ1v) is 9.78. The van der Waals surface area contributed by atoms with Crippen molar-refractivity contribution < 1.29 is 22.7 Å². The van der Waals surface area contributed by atoms with E-state index in [4.69, 9.17) is 10.5 Å². The van der Waals surface area contributed by atoms with Crippen molar-refractivity contribution >= 4 is 28.4 Å². The molecule has 0 aliphatic heterocycles. The molecule has 0 bridgehead atoms. The van der Waals surface area contributed by atoms with Crippen LogP contribution >= 0.6 is 12.4 Å². The number of benzene rings is 1. The monoisotopic (exact) mass is 406 g/mol. The fourth-order valence-electron chi connectivity index (χ4n) is 3.35. The van der Waals surface area contributed by atoms with Gasteiger partial charge in [-0.15, -0.1) is 12.4 Å². The first-order chi connectivity index (χ1) is 11.8. The Bertz CT molecular complexity index is 741. The van der Waals surface area contributed by atoms with Gasteiger partial charge in [-0.2, -0.15) is 0 Å². The molecule has 0 heterocycles. The molecule has 1 saturated carbocycles. The quantitative estimate of drug-likeness (QED) is 0.700. The largest absolute Gasteiger partial charge is 0.496 e. The van der Waals surface area contributed by atoms with Gasteiger partial charge in [0.05, 0.1) is 19.1 Å². The van der Waals surface area contributed by atoms with Gasteiger partial charge in [0.1, 0.15) is 11.3 Å². The van der Waals surface area contributed by atoms with Crippen molar-refractivity contribution in [3.8, 4) is 5.75 Å². The third-order valence-corrected chi connectivity index (χ3v) is 6.59. The molecule has 0 saturated heterocycles. The topological polar surface area (TPSA) is 108 Å². The Morgan fingerprint density at radius 3 is 2.58 bits per heavy atom. The summed E-state index contributed by atoms with van der Waals surface area (Å²) in [6.45, 7) is 2.26. The first kappa shape index (κ1) is 22.7. The number of nitrogens with two attached hydrogens (primary N) is 1. The maximum absolute atomic E-state index is 12.9. The summed E-state index contributed by atoms with van der Waals surface area (Å²) in [7, 11) is -1.18. The van der Waals surface area contributed by atoms with Crippen LogP contribution < -0.4 is 15.2 Å². The highest BCUT2D eigenvalue weighted by Gasteiger charge is 2.40. The highest BCUT2D eigenvalue weighted by atomic mass is 35.5. The van der Waals surface area contributed by atoms with E-state index in [2.05, 4.69) is 9.46 Å². The molecule has 1 fully saturated rings. The number of nitrogens with one attached hydrogen (secondary N) is 1. The molecule has 148 valence electrons. The van der Waals surface area contributed by atoms with E-state index in [0.717, 1.165) is 19.3 Å². The zero-order chi connectivity index (χ0) is 18.7. The SMILES string of the molecule is COC(=O)c1ccc(S(=O)(=O)NC2(CN)CCCCC2C)cc1OC.Cl. The molecule has 0 spiro atoms. The van der Waals surface area contributed by atoms with Crippen molar-refractivity contribution in [2.24, 2.45) is 11.7 Å². The zero-order valence-electron chi connectivity index (χ0n) is 15.3. The molecule has 1 aromatic rings. The van der Waals surface area contributed by atoms with Gasteiger partial charge >= 0.3 is 5.97 Å². The lowest BCUT2D eigenvalue weighted by molar-refractivity contribution is 0.0597. The van der Waals surface area contributed by atoms with Crippen LogP contribution in [-0.4, -0.2) is 40.7 Å². The van der Waals surface area contributed by atoms with Crippen LogP contribution in [0.2, 0.25) is 0 Å². The van der Waals surface area contributed by atoms with Crippen LogP contribution in [0.5, 0.6) is 5.75 Å². The fraction of sp³-hybridized carbons (Fsp3) is 0.588. The number of esters is 1. The highest BCUT2D eigenvalue weighted by molar-refractivity contribution is 7.89. The second kappa shape index (κ2) is 9.03. The van der Waals surface area contributed by atoms with Crippen LogP contribution in [0.3, 0.4) is 0 Å². The van der Waals surface area contributed by atoms with Crippen LogP contribution in [0.4, 0.5) is 0 Å². The minimum atomic E-state index is -3.81.